The van der Waals surface area contributed by atoms with Crippen LogP contribution in [0.1, 0.15) is 57.1 Å². The molecule has 0 atom stereocenters. The van der Waals surface area contributed by atoms with Gasteiger partial charge in [-0.2, -0.15) is 0 Å². The number of nitrogens with zero attached hydrogens (tertiary/aromatic N) is 2. The van der Waals surface area contributed by atoms with E-state index in [1.54, 1.807) is 5.57 Å². The van der Waals surface area contributed by atoms with Crippen LogP contribution in [0.5, 0.6) is 0 Å². The molecule has 0 unspecified atom stereocenters. The molecule has 0 bridgehead atoms. The Bertz CT molecular complexity index is 1070. The van der Waals surface area contributed by atoms with E-state index in [1.807, 2.05) is 24.3 Å². The largest absolute Gasteiger partial charge is 0.369 e. The van der Waals surface area contributed by atoms with Gasteiger partial charge in [-0.1, -0.05) is 43.2 Å². The molecule has 2 aromatic carbocycles. The predicted molar refractivity (Wildman–Crippen MR) is 139 cm³/mol. The molecule has 34 heavy (non-hydrogen) atoms. The number of piperazine rings is 1. The Labute approximate surface area is 207 Å². The highest BCUT2D eigenvalue weighted by Crippen LogP contribution is 2.43. The lowest BCUT2D eigenvalue weighted by atomic mass is 9.73. The second-order valence-corrected chi connectivity index (χ2v) is 11.2. The highest BCUT2D eigenvalue weighted by Gasteiger charge is 2.29. The van der Waals surface area contributed by atoms with Crippen LogP contribution in [0.25, 0.3) is 11.3 Å². The SMILES string of the molecule is CC1(C)CCC(c2ccc(Cl)cc2)=C(CN2CCN(c3ccc(C(OF)=C4CC4)cc3)CC2)C1. The van der Waals surface area contributed by atoms with Crippen LogP contribution in [0.2, 0.25) is 5.02 Å². The predicted octanol–water partition coefficient (Wildman–Crippen LogP) is 7.53. The molecule has 3 aliphatic rings. The van der Waals surface area contributed by atoms with Crippen LogP contribution in [-0.2, 0) is 4.94 Å². The van der Waals surface area contributed by atoms with E-state index in [0.717, 1.165) is 74.6 Å². The Balaban J connectivity index is 1.25. The summed E-state index contributed by atoms with van der Waals surface area (Å²) in [5.74, 6) is 0.413. The minimum Gasteiger partial charge on any atom is -0.369 e. The molecule has 2 fully saturated rings. The summed E-state index contributed by atoms with van der Waals surface area (Å²) in [6.07, 6.45) is 5.40. The van der Waals surface area contributed by atoms with E-state index < -0.39 is 0 Å². The Morgan fingerprint density at radius 1 is 0.941 bits per heavy atom. The van der Waals surface area contributed by atoms with Crippen molar-refractivity contribution in [2.75, 3.05) is 37.6 Å². The zero-order valence-corrected chi connectivity index (χ0v) is 21.0. The number of rotatable bonds is 6. The lowest BCUT2D eigenvalue weighted by Crippen LogP contribution is -2.47. The second-order valence-electron chi connectivity index (χ2n) is 10.7. The van der Waals surface area contributed by atoms with Crippen molar-refractivity contribution in [1.29, 1.82) is 0 Å². The van der Waals surface area contributed by atoms with E-state index in [1.165, 1.54) is 23.2 Å². The van der Waals surface area contributed by atoms with Crippen LogP contribution in [0.4, 0.5) is 10.2 Å². The van der Waals surface area contributed by atoms with E-state index >= 15 is 0 Å². The fraction of sp³-hybridized carbons (Fsp3) is 0.448. The number of hydrogen-bond donors (Lipinski definition) is 0. The summed E-state index contributed by atoms with van der Waals surface area (Å²) in [7, 11) is 0. The fourth-order valence-corrected chi connectivity index (χ4v) is 5.54. The smallest absolute Gasteiger partial charge is 0.178 e. The van der Waals surface area contributed by atoms with Gasteiger partial charge in [0.1, 0.15) is 0 Å². The minimum atomic E-state index is 0.354. The first-order valence-electron chi connectivity index (χ1n) is 12.5. The third kappa shape index (κ3) is 5.34. The first-order valence-corrected chi connectivity index (χ1v) is 12.8. The molecule has 1 aliphatic heterocycles. The Kier molecular flexibility index (Phi) is 6.72. The molecule has 0 N–H and O–H groups in total. The zero-order valence-electron chi connectivity index (χ0n) is 20.2. The van der Waals surface area contributed by atoms with Gasteiger partial charge in [-0.3, -0.25) is 9.84 Å². The molecule has 0 spiro atoms. The molecule has 3 nitrogen and oxygen atoms in total. The number of hydrogen-bond acceptors (Lipinski definition) is 3. The quantitative estimate of drug-likeness (QED) is 0.397. The molecule has 180 valence electrons. The van der Waals surface area contributed by atoms with Gasteiger partial charge < -0.3 is 4.90 Å². The average molecular weight is 481 g/mol. The highest BCUT2D eigenvalue weighted by molar-refractivity contribution is 6.30. The van der Waals surface area contributed by atoms with Crippen LogP contribution in [0, 0.1) is 5.41 Å². The maximum Gasteiger partial charge on any atom is 0.178 e. The van der Waals surface area contributed by atoms with Crippen molar-refractivity contribution >= 4 is 28.6 Å². The van der Waals surface area contributed by atoms with Gasteiger partial charge in [-0.25, -0.2) is 0 Å². The average Bonchev–Trinajstić information content (AvgIpc) is 3.66. The molecule has 5 heteroatoms. The topological polar surface area (TPSA) is 15.7 Å². The van der Waals surface area contributed by atoms with Gasteiger partial charge in [-0.15, -0.1) is 0 Å². The molecule has 0 amide bonds. The van der Waals surface area contributed by atoms with Gasteiger partial charge >= 0.3 is 0 Å². The van der Waals surface area contributed by atoms with E-state index in [2.05, 4.69) is 52.9 Å². The summed E-state index contributed by atoms with van der Waals surface area (Å²) < 4.78 is 12.9. The minimum absolute atomic E-state index is 0.354. The third-order valence-electron chi connectivity index (χ3n) is 7.54. The summed E-state index contributed by atoms with van der Waals surface area (Å²) in [5.41, 5.74) is 7.88. The molecular formula is C29H34ClFN2O. The first kappa shape index (κ1) is 23.4. The van der Waals surface area contributed by atoms with E-state index in [0.29, 0.717) is 11.2 Å². The van der Waals surface area contributed by atoms with Crippen molar-refractivity contribution < 1.29 is 9.47 Å². The van der Waals surface area contributed by atoms with Crippen molar-refractivity contribution in [2.45, 2.75) is 46.0 Å². The van der Waals surface area contributed by atoms with E-state index in [9.17, 15) is 4.53 Å². The standard InChI is InChI=1S/C29H34ClFN2O/c1-29(2)14-13-27(21-5-9-25(30)10-6-21)24(19-29)20-32-15-17-33(18-16-32)26-11-7-23(8-12-26)28(34-31)22-3-4-22/h5-12H,3-4,13-20H2,1-2H3. The number of allylic oxidation sites excluding steroid dienone is 2. The number of anilines is 1. The molecule has 1 heterocycles. The van der Waals surface area contributed by atoms with Crippen LogP contribution >= 0.6 is 11.6 Å². The van der Waals surface area contributed by atoms with Gasteiger partial charge in [-0.05, 0) is 90.6 Å². The second kappa shape index (κ2) is 9.75. The monoisotopic (exact) mass is 480 g/mol. The Hall–Kier alpha value is -2.30. The van der Waals surface area contributed by atoms with E-state index in [4.69, 9.17) is 11.6 Å². The number of halogens is 2. The summed E-state index contributed by atoms with van der Waals surface area (Å²) >= 11 is 6.15. The van der Waals surface area contributed by atoms with Gasteiger partial charge in [0.05, 0.1) is 0 Å². The molecule has 0 aromatic heterocycles. The maximum atomic E-state index is 12.9. The van der Waals surface area contributed by atoms with Crippen LogP contribution in [0.3, 0.4) is 0 Å². The van der Waals surface area contributed by atoms with Crippen molar-refractivity contribution in [3.63, 3.8) is 0 Å². The number of benzene rings is 2. The summed E-state index contributed by atoms with van der Waals surface area (Å²) in [5, 5.41) is 0.795. The van der Waals surface area contributed by atoms with Crippen LogP contribution < -0.4 is 4.90 Å². The highest BCUT2D eigenvalue weighted by atomic mass is 35.5. The molecule has 0 radical (unpaired) electrons. The Morgan fingerprint density at radius 2 is 1.62 bits per heavy atom. The Morgan fingerprint density at radius 3 is 2.24 bits per heavy atom. The van der Waals surface area contributed by atoms with Crippen molar-refractivity contribution in [2.24, 2.45) is 5.41 Å². The lowest BCUT2D eigenvalue weighted by molar-refractivity contribution is -0.0426. The molecular weight excluding hydrogens is 447 g/mol. The lowest BCUT2D eigenvalue weighted by Gasteiger charge is -2.39. The molecule has 5 rings (SSSR count). The summed E-state index contributed by atoms with van der Waals surface area (Å²) in [6.45, 7) is 9.92. The maximum absolute atomic E-state index is 12.9. The third-order valence-corrected chi connectivity index (χ3v) is 7.79. The molecule has 1 saturated carbocycles. The van der Waals surface area contributed by atoms with Crippen molar-refractivity contribution in [1.82, 2.24) is 4.90 Å². The van der Waals surface area contributed by atoms with Gasteiger partial charge in [0, 0.05) is 53.5 Å². The van der Waals surface area contributed by atoms with Gasteiger partial charge in [0.25, 0.3) is 0 Å². The summed E-state index contributed by atoms with van der Waals surface area (Å²) in [4.78, 5) is 9.17. The van der Waals surface area contributed by atoms with Gasteiger partial charge in [0.15, 0.2) is 5.76 Å². The first-order chi connectivity index (χ1) is 16.4. The van der Waals surface area contributed by atoms with Crippen molar-refractivity contribution in [3.8, 4) is 0 Å². The fourth-order valence-electron chi connectivity index (χ4n) is 5.41. The van der Waals surface area contributed by atoms with Gasteiger partial charge in [0.2, 0.25) is 0 Å². The normalized spacial score (nSPS) is 20.5. The van der Waals surface area contributed by atoms with E-state index in [-0.39, 0.29) is 0 Å². The van der Waals surface area contributed by atoms with Crippen molar-refractivity contribution in [3.05, 3.63) is 75.8 Å². The summed E-state index contributed by atoms with van der Waals surface area (Å²) in [6, 6.07) is 16.5. The molecule has 2 aromatic rings. The molecule has 1 saturated heterocycles. The molecule has 2 aliphatic carbocycles. The van der Waals surface area contributed by atoms with Crippen LogP contribution in [-0.4, -0.2) is 37.6 Å². The van der Waals surface area contributed by atoms with Crippen LogP contribution in [0.15, 0.2) is 59.7 Å². The zero-order chi connectivity index (χ0) is 23.7.